The van der Waals surface area contributed by atoms with Crippen molar-refractivity contribution in [1.82, 2.24) is 34.9 Å². The molecule has 6 aromatic heterocycles. The first-order chi connectivity index (χ1) is 18.6. The van der Waals surface area contributed by atoms with Gasteiger partial charge in [0.15, 0.2) is 16.7 Å². The molecule has 0 amide bonds. The molecule has 0 saturated carbocycles. The Labute approximate surface area is 221 Å². The Bertz CT molecular complexity index is 1630. The second-order valence-electron chi connectivity index (χ2n) is 7.60. The highest BCUT2D eigenvalue weighted by Gasteiger charge is 2.16. The van der Waals surface area contributed by atoms with E-state index in [2.05, 4.69) is 34.9 Å². The number of pyridine rings is 1. The van der Waals surface area contributed by atoms with Crippen LogP contribution in [0.25, 0.3) is 45.6 Å². The number of furan rings is 2. The summed E-state index contributed by atoms with van der Waals surface area (Å²) >= 11 is 1.47. The summed E-state index contributed by atoms with van der Waals surface area (Å²) in [7, 11) is 0. The van der Waals surface area contributed by atoms with Gasteiger partial charge in [0, 0.05) is 24.2 Å². The lowest BCUT2D eigenvalue weighted by atomic mass is 10.1. The molecule has 0 unspecified atom stereocenters. The fourth-order valence-electron chi connectivity index (χ4n) is 3.46. The van der Waals surface area contributed by atoms with E-state index in [-0.39, 0.29) is 0 Å². The van der Waals surface area contributed by atoms with Crippen molar-refractivity contribution in [3.8, 4) is 45.6 Å². The summed E-state index contributed by atoms with van der Waals surface area (Å²) in [5.74, 6) is 1.93. The molecule has 11 nitrogen and oxygen atoms in total. The maximum atomic E-state index is 5.72. The molecule has 0 aliphatic carbocycles. The van der Waals surface area contributed by atoms with Gasteiger partial charge >= 0.3 is 0 Å². The van der Waals surface area contributed by atoms with Crippen molar-refractivity contribution >= 4 is 23.4 Å². The Kier molecular flexibility index (Phi) is 7.32. The molecule has 6 aromatic rings. The van der Waals surface area contributed by atoms with Gasteiger partial charge in [-0.1, -0.05) is 11.8 Å². The van der Waals surface area contributed by atoms with Crippen LogP contribution in [0.1, 0.15) is 0 Å². The Morgan fingerprint density at radius 2 is 1.26 bits per heavy atom. The monoisotopic (exact) mass is 523 g/mol. The molecule has 6 heterocycles. The molecule has 4 N–H and O–H groups in total. The largest absolute Gasteiger partial charge is 0.463 e. The van der Waals surface area contributed by atoms with Crippen molar-refractivity contribution in [2.45, 2.75) is 5.16 Å². The number of rotatable bonds is 5. The van der Waals surface area contributed by atoms with Crippen molar-refractivity contribution in [3.05, 3.63) is 86.0 Å². The predicted molar refractivity (Wildman–Crippen MR) is 144 cm³/mol. The maximum absolute atomic E-state index is 5.72. The van der Waals surface area contributed by atoms with E-state index in [4.69, 9.17) is 20.3 Å². The van der Waals surface area contributed by atoms with E-state index in [1.54, 1.807) is 49.3 Å². The first kappa shape index (κ1) is 24.6. The van der Waals surface area contributed by atoms with Crippen LogP contribution < -0.4 is 11.5 Å². The van der Waals surface area contributed by atoms with Gasteiger partial charge in [0.05, 0.1) is 36.3 Å². The summed E-state index contributed by atoms with van der Waals surface area (Å²) in [6.07, 6.45) is 13.2. The van der Waals surface area contributed by atoms with Gasteiger partial charge in [0.1, 0.15) is 28.7 Å². The van der Waals surface area contributed by atoms with Gasteiger partial charge in [-0.15, -0.1) is 0 Å². The molecule has 0 spiro atoms. The Morgan fingerprint density at radius 3 is 1.84 bits per heavy atom. The minimum absolute atomic E-state index is 0.333. The fraction of sp³-hybridized carbons (Fsp3) is 0.0385. The van der Waals surface area contributed by atoms with Crippen LogP contribution in [0.15, 0.2) is 100.0 Å². The van der Waals surface area contributed by atoms with E-state index in [1.165, 1.54) is 24.2 Å². The number of hydrogen-bond donors (Lipinski definition) is 2. The number of nitrogen functional groups attached to an aromatic ring is 2. The highest BCUT2D eigenvalue weighted by atomic mass is 32.2. The Hall–Kier alpha value is -5.10. The molecule has 0 aliphatic heterocycles. The molecular weight excluding hydrogens is 502 g/mol. The third kappa shape index (κ3) is 5.50. The topological polar surface area (TPSA) is 169 Å². The standard InChI is InChI=1S/C13H11N5OS.C13H10N4O/c1-20-13-15-5-4-8(17-13)11-12(9-3-2-6-19-9)18-10(14)7-16-11;14-11-8-16-12(9-3-5-15-6-4-9)13(17-11)10-2-1-7-18-10/h2-7H,1H3,(H2,14,18);1-8H,(H2,14,17). The van der Waals surface area contributed by atoms with E-state index >= 15 is 0 Å². The van der Waals surface area contributed by atoms with Crippen LogP contribution in [0.2, 0.25) is 0 Å². The predicted octanol–water partition coefficient (Wildman–Crippen LogP) is 4.88. The third-order valence-corrected chi connectivity index (χ3v) is 5.67. The molecule has 0 radical (unpaired) electrons. The molecular formula is C26H21N9O2S. The molecule has 0 fully saturated rings. The first-order valence-corrected chi connectivity index (χ1v) is 12.5. The van der Waals surface area contributed by atoms with Crippen molar-refractivity contribution in [2.75, 3.05) is 17.7 Å². The second kappa shape index (κ2) is 11.3. The van der Waals surface area contributed by atoms with Crippen molar-refractivity contribution in [3.63, 3.8) is 0 Å². The number of nitrogens with two attached hydrogens (primary N) is 2. The molecule has 0 saturated heterocycles. The normalized spacial score (nSPS) is 10.6. The van der Waals surface area contributed by atoms with E-state index < -0.39 is 0 Å². The zero-order valence-corrected chi connectivity index (χ0v) is 20.9. The molecule has 188 valence electrons. The van der Waals surface area contributed by atoms with Crippen molar-refractivity contribution in [1.29, 1.82) is 0 Å². The van der Waals surface area contributed by atoms with Crippen molar-refractivity contribution < 1.29 is 8.83 Å². The van der Waals surface area contributed by atoms with E-state index in [9.17, 15) is 0 Å². The minimum atomic E-state index is 0.333. The number of nitrogens with zero attached hydrogens (tertiary/aromatic N) is 7. The van der Waals surface area contributed by atoms with Gasteiger partial charge in [-0.3, -0.25) is 4.98 Å². The molecule has 38 heavy (non-hydrogen) atoms. The number of aromatic nitrogens is 7. The average Bonchev–Trinajstić information content (AvgIpc) is 3.69. The summed E-state index contributed by atoms with van der Waals surface area (Å²) in [5.41, 5.74) is 15.5. The van der Waals surface area contributed by atoms with Crippen LogP contribution in [0, 0.1) is 0 Å². The van der Waals surface area contributed by atoms with Crippen LogP contribution in [-0.4, -0.2) is 41.1 Å². The molecule has 0 aliphatic rings. The van der Waals surface area contributed by atoms with Crippen LogP contribution in [0.3, 0.4) is 0 Å². The zero-order valence-electron chi connectivity index (χ0n) is 20.1. The van der Waals surface area contributed by atoms with Crippen LogP contribution in [0.4, 0.5) is 11.6 Å². The van der Waals surface area contributed by atoms with Gasteiger partial charge in [0.2, 0.25) is 0 Å². The molecule has 12 heteroatoms. The SMILES string of the molecule is CSc1nccc(-c2ncc(N)nc2-c2ccco2)n1.Nc1cnc(-c2ccncc2)c(-c2ccco2)n1. The summed E-state index contributed by atoms with van der Waals surface area (Å²) in [5, 5.41) is 0.673. The zero-order chi connectivity index (χ0) is 26.3. The minimum Gasteiger partial charge on any atom is -0.463 e. The van der Waals surface area contributed by atoms with Gasteiger partial charge in [0.25, 0.3) is 0 Å². The highest BCUT2D eigenvalue weighted by molar-refractivity contribution is 7.98. The van der Waals surface area contributed by atoms with Gasteiger partial charge < -0.3 is 20.3 Å². The van der Waals surface area contributed by atoms with Crippen LogP contribution in [-0.2, 0) is 0 Å². The maximum Gasteiger partial charge on any atom is 0.187 e. The summed E-state index contributed by atoms with van der Waals surface area (Å²) < 4.78 is 10.7. The van der Waals surface area contributed by atoms with Gasteiger partial charge in [-0.05, 0) is 48.7 Å². The summed E-state index contributed by atoms with van der Waals surface area (Å²) in [4.78, 5) is 29.8. The second-order valence-corrected chi connectivity index (χ2v) is 8.38. The van der Waals surface area contributed by atoms with E-state index in [1.807, 2.05) is 30.5 Å². The van der Waals surface area contributed by atoms with Crippen molar-refractivity contribution in [2.24, 2.45) is 0 Å². The lowest BCUT2D eigenvalue weighted by Gasteiger charge is -2.06. The molecule has 0 aromatic carbocycles. The lowest BCUT2D eigenvalue weighted by molar-refractivity contribution is 0.580. The third-order valence-electron chi connectivity index (χ3n) is 5.10. The fourth-order valence-corrected chi connectivity index (χ4v) is 3.81. The smallest absolute Gasteiger partial charge is 0.187 e. The van der Waals surface area contributed by atoms with E-state index in [0.717, 1.165) is 11.3 Å². The van der Waals surface area contributed by atoms with Crippen LogP contribution >= 0.6 is 11.8 Å². The number of thioether (sulfide) groups is 1. The van der Waals surface area contributed by atoms with Crippen LogP contribution in [0.5, 0.6) is 0 Å². The lowest BCUT2D eigenvalue weighted by Crippen LogP contribution is -1.99. The first-order valence-electron chi connectivity index (χ1n) is 11.2. The Morgan fingerprint density at radius 1 is 0.658 bits per heavy atom. The number of hydrogen-bond acceptors (Lipinski definition) is 12. The molecule has 6 rings (SSSR count). The molecule has 0 bridgehead atoms. The van der Waals surface area contributed by atoms with Gasteiger partial charge in [-0.25, -0.2) is 29.9 Å². The van der Waals surface area contributed by atoms with E-state index in [0.29, 0.717) is 51.1 Å². The Balaban J connectivity index is 0.000000156. The van der Waals surface area contributed by atoms with Gasteiger partial charge in [-0.2, -0.15) is 0 Å². The quantitative estimate of drug-likeness (QED) is 0.232. The average molecular weight is 524 g/mol. The highest BCUT2D eigenvalue weighted by Crippen LogP contribution is 2.30. The summed E-state index contributed by atoms with van der Waals surface area (Å²) in [6.45, 7) is 0. The summed E-state index contributed by atoms with van der Waals surface area (Å²) in [6, 6.07) is 12.7. The number of anilines is 2. The molecule has 0 atom stereocenters.